The standard InChI is InChI=1S/C11H14N4OS/c16-10(13-8-1-2-8)6-12-5-9-7-15-3-4-17-11(15)14-9/h3-4,7-8,12H,1-2,5-6H2,(H,13,16). The molecule has 1 amide bonds. The highest BCUT2D eigenvalue weighted by molar-refractivity contribution is 7.15. The van der Waals surface area contributed by atoms with Crippen LogP contribution < -0.4 is 10.6 Å². The maximum atomic E-state index is 11.4. The molecule has 1 fully saturated rings. The van der Waals surface area contributed by atoms with Crippen molar-refractivity contribution in [3.05, 3.63) is 23.5 Å². The van der Waals surface area contributed by atoms with E-state index in [4.69, 9.17) is 0 Å². The van der Waals surface area contributed by atoms with E-state index >= 15 is 0 Å². The summed E-state index contributed by atoms with van der Waals surface area (Å²) in [4.78, 5) is 16.8. The summed E-state index contributed by atoms with van der Waals surface area (Å²) >= 11 is 1.61. The van der Waals surface area contributed by atoms with Crippen molar-refractivity contribution in [2.24, 2.45) is 0 Å². The summed E-state index contributed by atoms with van der Waals surface area (Å²) in [6.45, 7) is 0.994. The topological polar surface area (TPSA) is 58.4 Å². The number of aromatic nitrogens is 2. The molecule has 2 N–H and O–H groups in total. The molecule has 2 aromatic rings. The highest BCUT2D eigenvalue weighted by Crippen LogP contribution is 2.18. The van der Waals surface area contributed by atoms with Crippen molar-refractivity contribution in [3.63, 3.8) is 0 Å². The lowest BCUT2D eigenvalue weighted by atomic mass is 10.4. The third kappa shape index (κ3) is 2.65. The third-order valence-corrected chi connectivity index (χ3v) is 3.45. The predicted octanol–water partition coefficient (Wildman–Crippen LogP) is 0.764. The van der Waals surface area contributed by atoms with Crippen LogP contribution in [0.25, 0.3) is 4.96 Å². The molecule has 1 saturated carbocycles. The van der Waals surface area contributed by atoms with Gasteiger partial charge in [-0.05, 0) is 12.8 Å². The van der Waals surface area contributed by atoms with Crippen molar-refractivity contribution in [1.82, 2.24) is 20.0 Å². The number of carbonyl (C=O) groups is 1. The lowest BCUT2D eigenvalue weighted by Crippen LogP contribution is -2.34. The molecule has 3 rings (SSSR count). The summed E-state index contributed by atoms with van der Waals surface area (Å²) in [5.74, 6) is 0.0773. The van der Waals surface area contributed by atoms with Crippen molar-refractivity contribution in [2.45, 2.75) is 25.4 Å². The van der Waals surface area contributed by atoms with E-state index in [0.29, 0.717) is 19.1 Å². The van der Waals surface area contributed by atoms with Crippen LogP contribution in [0.15, 0.2) is 17.8 Å². The fourth-order valence-corrected chi connectivity index (χ4v) is 2.39. The first-order valence-electron chi connectivity index (χ1n) is 5.72. The van der Waals surface area contributed by atoms with Crippen LogP contribution in [0.5, 0.6) is 0 Å². The molecule has 0 bridgehead atoms. The zero-order valence-corrected chi connectivity index (χ0v) is 10.2. The maximum absolute atomic E-state index is 11.4. The van der Waals surface area contributed by atoms with E-state index in [2.05, 4.69) is 15.6 Å². The minimum absolute atomic E-state index is 0.0773. The summed E-state index contributed by atoms with van der Waals surface area (Å²) in [6, 6.07) is 0.433. The van der Waals surface area contributed by atoms with Gasteiger partial charge in [0.05, 0.1) is 12.2 Å². The molecule has 2 aromatic heterocycles. The van der Waals surface area contributed by atoms with Crippen LogP contribution in [0.4, 0.5) is 0 Å². The normalized spacial score (nSPS) is 15.3. The van der Waals surface area contributed by atoms with Gasteiger partial charge in [-0.15, -0.1) is 11.3 Å². The molecule has 1 aliphatic carbocycles. The summed E-state index contributed by atoms with van der Waals surface area (Å²) in [5, 5.41) is 8.04. The van der Waals surface area contributed by atoms with E-state index in [1.807, 2.05) is 22.2 Å². The number of thiazole rings is 1. The molecule has 1 aliphatic rings. The second-order valence-corrected chi connectivity index (χ2v) is 5.14. The number of nitrogens with zero attached hydrogens (tertiary/aromatic N) is 2. The largest absolute Gasteiger partial charge is 0.352 e. The summed E-state index contributed by atoms with van der Waals surface area (Å²) in [6.07, 6.45) is 6.22. The van der Waals surface area contributed by atoms with Crippen molar-refractivity contribution in [2.75, 3.05) is 6.54 Å². The summed E-state index contributed by atoms with van der Waals surface area (Å²) in [7, 11) is 0. The molecule has 90 valence electrons. The van der Waals surface area contributed by atoms with Gasteiger partial charge in [-0.3, -0.25) is 9.20 Å². The first kappa shape index (κ1) is 10.7. The highest BCUT2D eigenvalue weighted by Gasteiger charge is 2.22. The van der Waals surface area contributed by atoms with Gasteiger partial charge in [0, 0.05) is 30.4 Å². The number of imidazole rings is 1. The van der Waals surface area contributed by atoms with E-state index < -0.39 is 0 Å². The van der Waals surface area contributed by atoms with E-state index in [9.17, 15) is 4.79 Å². The SMILES string of the molecule is O=C(CNCc1cn2ccsc2n1)NC1CC1. The van der Waals surface area contributed by atoms with Gasteiger partial charge in [-0.2, -0.15) is 0 Å². The minimum atomic E-state index is 0.0773. The molecule has 0 aromatic carbocycles. The van der Waals surface area contributed by atoms with Crippen LogP contribution in [0.2, 0.25) is 0 Å². The molecule has 0 unspecified atom stereocenters. The lowest BCUT2D eigenvalue weighted by Gasteiger charge is -2.03. The number of hydrogen-bond acceptors (Lipinski definition) is 4. The second kappa shape index (κ2) is 4.46. The molecule has 0 spiro atoms. The van der Waals surface area contributed by atoms with Gasteiger partial charge >= 0.3 is 0 Å². The average Bonchev–Trinajstić information content (AvgIpc) is 2.85. The van der Waals surface area contributed by atoms with Crippen LogP contribution in [-0.2, 0) is 11.3 Å². The van der Waals surface area contributed by atoms with Gasteiger partial charge in [0.1, 0.15) is 0 Å². The first-order chi connectivity index (χ1) is 8.31. The van der Waals surface area contributed by atoms with E-state index in [1.54, 1.807) is 11.3 Å². The third-order valence-electron chi connectivity index (χ3n) is 2.68. The van der Waals surface area contributed by atoms with Crippen LogP contribution >= 0.6 is 11.3 Å². The Bertz CT molecular complexity index is 500. The number of nitrogens with one attached hydrogen (secondary N) is 2. The van der Waals surface area contributed by atoms with E-state index in [-0.39, 0.29) is 5.91 Å². The van der Waals surface area contributed by atoms with Crippen molar-refractivity contribution >= 4 is 22.2 Å². The van der Waals surface area contributed by atoms with Gasteiger partial charge in [0.2, 0.25) is 5.91 Å². The molecular weight excluding hydrogens is 236 g/mol. The molecule has 2 heterocycles. The molecule has 17 heavy (non-hydrogen) atoms. The zero-order chi connectivity index (χ0) is 11.7. The van der Waals surface area contributed by atoms with Crippen molar-refractivity contribution < 1.29 is 4.79 Å². The monoisotopic (exact) mass is 250 g/mol. The Labute approximate surface area is 103 Å². The second-order valence-electron chi connectivity index (χ2n) is 4.27. The van der Waals surface area contributed by atoms with Crippen LogP contribution in [-0.4, -0.2) is 27.9 Å². The zero-order valence-electron chi connectivity index (χ0n) is 9.35. The van der Waals surface area contributed by atoms with Crippen LogP contribution in [0, 0.1) is 0 Å². The number of amides is 1. The van der Waals surface area contributed by atoms with Crippen LogP contribution in [0.3, 0.4) is 0 Å². The maximum Gasteiger partial charge on any atom is 0.234 e. The van der Waals surface area contributed by atoms with Gasteiger partial charge in [-0.1, -0.05) is 0 Å². The number of fused-ring (bicyclic) bond motifs is 1. The van der Waals surface area contributed by atoms with Gasteiger partial charge < -0.3 is 10.6 Å². The summed E-state index contributed by atoms with van der Waals surface area (Å²) < 4.78 is 1.99. The molecule has 0 saturated heterocycles. The predicted molar refractivity (Wildman–Crippen MR) is 65.9 cm³/mol. The van der Waals surface area contributed by atoms with Gasteiger partial charge in [-0.25, -0.2) is 4.98 Å². The molecular formula is C11H14N4OS. The number of hydrogen-bond donors (Lipinski definition) is 2. The van der Waals surface area contributed by atoms with Gasteiger partial charge in [0.15, 0.2) is 4.96 Å². The fraction of sp³-hybridized carbons (Fsp3) is 0.455. The molecule has 5 nitrogen and oxygen atoms in total. The van der Waals surface area contributed by atoms with E-state index in [1.165, 1.54) is 0 Å². The van der Waals surface area contributed by atoms with Gasteiger partial charge in [0.25, 0.3) is 0 Å². The Morgan fingerprint density at radius 3 is 3.24 bits per heavy atom. The Balaban J connectivity index is 1.47. The van der Waals surface area contributed by atoms with Crippen molar-refractivity contribution in [1.29, 1.82) is 0 Å². The summed E-state index contributed by atoms with van der Waals surface area (Å²) in [5.41, 5.74) is 0.969. The van der Waals surface area contributed by atoms with Crippen molar-refractivity contribution in [3.8, 4) is 0 Å². The highest BCUT2D eigenvalue weighted by atomic mass is 32.1. The molecule has 0 atom stereocenters. The lowest BCUT2D eigenvalue weighted by molar-refractivity contribution is -0.120. The fourth-order valence-electron chi connectivity index (χ4n) is 1.67. The quantitative estimate of drug-likeness (QED) is 0.824. The Morgan fingerprint density at radius 2 is 2.47 bits per heavy atom. The Kier molecular flexibility index (Phi) is 2.82. The number of rotatable bonds is 5. The molecule has 0 aliphatic heterocycles. The molecule has 6 heteroatoms. The molecule has 0 radical (unpaired) electrons. The Hall–Kier alpha value is -1.40. The average molecular weight is 250 g/mol. The Morgan fingerprint density at radius 1 is 1.59 bits per heavy atom. The van der Waals surface area contributed by atoms with Crippen LogP contribution in [0.1, 0.15) is 18.5 Å². The smallest absolute Gasteiger partial charge is 0.234 e. The number of carbonyl (C=O) groups excluding carboxylic acids is 1. The minimum Gasteiger partial charge on any atom is -0.352 e. The van der Waals surface area contributed by atoms with E-state index in [0.717, 1.165) is 23.5 Å². The first-order valence-corrected chi connectivity index (χ1v) is 6.60.